The maximum absolute atomic E-state index is 13.6. The number of aromatic nitrogens is 2. The maximum Gasteiger partial charge on any atom is 0.258 e. The molecule has 3 aliphatic rings. The monoisotopic (exact) mass is 641 g/mol. The Bertz CT molecular complexity index is 1870. The number of morpholine rings is 1. The fraction of sp³-hybridized carbons (Fsp3) is 0.412. The number of hydrogen-bond donors (Lipinski definition) is 0. The van der Waals surface area contributed by atoms with E-state index in [-0.39, 0.29) is 29.4 Å². The second-order valence-corrected chi connectivity index (χ2v) is 13.3. The molecule has 1 amide bonds. The Morgan fingerprint density at radius 2 is 1.87 bits per heavy atom. The number of piperazine rings is 1. The molecule has 10 nitrogen and oxygen atoms in total. The van der Waals surface area contributed by atoms with Gasteiger partial charge in [0.1, 0.15) is 22.5 Å². The average Bonchev–Trinajstić information content (AvgIpc) is 3.83. The van der Waals surface area contributed by atoms with E-state index in [0.717, 1.165) is 55.8 Å². The number of fused-ring (bicyclic) bond motifs is 1. The zero-order valence-electron chi connectivity index (χ0n) is 26.0. The van der Waals surface area contributed by atoms with Crippen molar-refractivity contribution < 1.29 is 13.9 Å². The van der Waals surface area contributed by atoms with Crippen molar-refractivity contribution in [2.24, 2.45) is 0 Å². The molecule has 1 unspecified atom stereocenters. The lowest BCUT2D eigenvalue weighted by Crippen LogP contribution is -2.53. The van der Waals surface area contributed by atoms with Crippen LogP contribution >= 0.6 is 11.3 Å². The van der Waals surface area contributed by atoms with Gasteiger partial charge in [0.05, 0.1) is 31.5 Å². The molecule has 0 radical (unpaired) electrons. The highest BCUT2D eigenvalue weighted by Crippen LogP contribution is 2.40. The van der Waals surface area contributed by atoms with Crippen LogP contribution in [0.5, 0.6) is 0 Å². The van der Waals surface area contributed by atoms with Crippen molar-refractivity contribution in [3.63, 3.8) is 0 Å². The summed E-state index contributed by atoms with van der Waals surface area (Å²) in [6.07, 6.45) is 3.86. The third-order valence-electron chi connectivity index (χ3n) is 9.21. The van der Waals surface area contributed by atoms with Gasteiger partial charge >= 0.3 is 0 Å². The summed E-state index contributed by atoms with van der Waals surface area (Å²) in [5, 5.41) is 12.0. The van der Waals surface area contributed by atoms with Gasteiger partial charge in [-0.1, -0.05) is 11.3 Å². The van der Waals surface area contributed by atoms with E-state index < -0.39 is 0 Å². The Hall–Kier alpha value is -4.31. The van der Waals surface area contributed by atoms with Crippen LogP contribution in [0.1, 0.15) is 30.7 Å². The van der Waals surface area contributed by atoms with Crippen LogP contribution in [0.25, 0.3) is 22.0 Å². The summed E-state index contributed by atoms with van der Waals surface area (Å²) in [4.78, 5) is 40.2. The van der Waals surface area contributed by atoms with Gasteiger partial charge in [0.15, 0.2) is 5.13 Å². The molecular formula is C34H36FN7O3S. The predicted octanol–water partition coefficient (Wildman–Crippen LogP) is 4.61. The minimum absolute atomic E-state index is 0.00859. The lowest BCUT2D eigenvalue weighted by molar-refractivity contribution is -0.140. The summed E-state index contributed by atoms with van der Waals surface area (Å²) >= 11 is 1.27. The van der Waals surface area contributed by atoms with E-state index in [0.29, 0.717) is 53.0 Å². The number of nitrogens with zero attached hydrogens (tertiary/aromatic N) is 7. The molecule has 2 aromatic heterocycles. The highest BCUT2D eigenvalue weighted by Gasteiger charge is 2.29. The number of nitriles is 1. The molecule has 1 saturated carbocycles. The largest absolute Gasteiger partial charge is 0.377 e. The first kappa shape index (κ1) is 30.3. The summed E-state index contributed by atoms with van der Waals surface area (Å²) in [6.45, 7) is 7.31. The van der Waals surface area contributed by atoms with Crippen LogP contribution in [0.2, 0.25) is 0 Å². The molecule has 0 bridgehead atoms. The number of thiazole rings is 1. The van der Waals surface area contributed by atoms with Crippen LogP contribution in [0, 0.1) is 17.1 Å². The van der Waals surface area contributed by atoms with Crippen LogP contribution in [-0.4, -0.2) is 90.8 Å². The van der Waals surface area contributed by atoms with Crippen LogP contribution in [0.3, 0.4) is 0 Å². The first-order valence-corrected chi connectivity index (χ1v) is 16.6. The fourth-order valence-electron chi connectivity index (χ4n) is 6.40. The maximum atomic E-state index is 13.6. The summed E-state index contributed by atoms with van der Waals surface area (Å²) in [5.41, 5.74) is 3.02. The summed E-state index contributed by atoms with van der Waals surface area (Å²) in [5.74, 6) is -0.198. The molecule has 4 heterocycles. The summed E-state index contributed by atoms with van der Waals surface area (Å²) in [7, 11) is 1.91. The molecule has 4 aromatic rings. The molecule has 12 heteroatoms. The van der Waals surface area contributed by atoms with Gasteiger partial charge in [0, 0.05) is 74.0 Å². The molecule has 2 aliphatic heterocycles. The minimum Gasteiger partial charge on any atom is -0.377 e. The number of hydrogen-bond acceptors (Lipinski definition) is 9. The number of carbonyl (C=O) groups excluding carboxylic acids is 1. The van der Waals surface area contributed by atoms with Gasteiger partial charge in [-0.05, 0) is 62.2 Å². The number of anilines is 3. The highest BCUT2D eigenvalue weighted by molar-refractivity contribution is 7.16. The number of amides is 1. The molecule has 0 N–H and O–H groups in total. The second kappa shape index (κ2) is 12.5. The van der Waals surface area contributed by atoms with Crippen LogP contribution < -0.4 is 15.4 Å². The first-order valence-electron chi connectivity index (χ1n) is 15.7. The van der Waals surface area contributed by atoms with Crippen molar-refractivity contribution in [1.82, 2.24) is 19.4 Å². The molecule has 2 saturated heterocycles. The highest BCUT2D eigenvalue weighted by atomic mass is 32.1. The Kier molecular flexibility index (Phi) is 8.23. The quantitative estimate of drug-likeness (QED) is 0.289. The Labute approximate surface area is 270 Å². The molecule has 238 valence electrons. The topological polar surface area (TPSA) is 97.9 Å². The summed E-state index contributed by atoms with van der Waals surface area (Å²) < 4.78 is 20.9. The normalized spacial score (nSPS) is 19.0. The fourth-order valence-corrected chi connectivity index (χ4v) is 7.26. The van der Waals surface area contributed by atoms with Crippen molar-refractivity contribution in [3.05, 3.63) is 69.7 Å². The zero-order valence-corrected chi connectivity index (χ0v) is 26.8. The van der Waals surface area contributed by atoms with Gasteiger partial charge in [-0.3, -0.25) is 14.5 Å². The smallest absolute Gasteiger partial charge is 0.258 e. The number of ether oxygens (including phenoxy) is 1. The van der Waals surface area contributed by atoms with Gasteiger partial charge in [0.25, 0.3) is 5.56 Å². The van der Waals surface area contributed by atoms with Crippen LogP contribution in [0.4, 0.5) is 20.9 Å². The van der Waals surface area contributed by atoms with Crippen molar-refractivity contribution in [1.29, 1.82) is 5.26 Å². The number of benzene rings is 2. The van der Waals surface area contributed by atoms with Gasteiger partial charge in [0.2, 0.25) is 5.91 Å². The average molecular weight is 642 g/mol. The van der Waals surface area contributed by atoms with Crippen molar-refractivity contribution in [2.75, 3.05) is 69.3 Å². The van der Waals surface area contributed by atoms with E-state index >= 15 is 0 Å². The first-order chi connectivity index (χ1) is 22.3. The molecule has 3 fully saturated rings. The Balaban J connectivity index is 1.16. The number of pyridine rings is 1. The number of rotatable bonds is 7. The minimum atomic E-state index is -0.350. The van der Waals surface area contributed by atoms with Gasteiger partial charge in [-0.2, -0.15) is 5.26 Å². The molecule has 46 heavy (non-hydrogen) atoms. The SMILES string of the molecule is CC1COCCN1C(=O)CN1CCN(c2ccc3c(=O)n(C4CC4)cc(N(C)c4nc(-c5ccc(F)cc5)c(C#N)s4)c3c2)CC1. The van der Waals surface area contributed by atoms with Crippen molar-refractivity contribution in [3.8, 4) is 17.3 Å². The van der Waals surface area contributed by atoms with Gasteiger partial charge in [-0.25, -0.2) is 9.37 Å². The lowest BCUT2D eigenvalue weighted by atomic mass is 10.1. The second-order valence-electron chi connectivity index (χ2n) is 12.3. The predicted molar refractivity (Wildman–Crippen MR) is 177 cm³/mol. The third-order valence-corrected chi connectivity index (χ3v) is 10.2. The Morgan fingerprint density at radius 1 is 1.11 bits per heavy atom. The molecule has 7 rings (SSSR count). The van der Waals surface area contributed by atoms with E-state index in [9.17, 15) is 19.2 Å². The molecule has 2 aromatic carbocycles. The zero-order chi connectivity index (χ0) is 31.9. The van der Waals surface area contributed by atoms with Crippen molar-refractivity contribution in [2.45, 2.75) is 31.8 Å². The van der Waals surface area contributed by atoms with Gasteiger partial charge in [-0.15, -0.1) is 0 Å². The van der Waals surface area contributed by atoms with E-state index in [1.54, 1.807) is 12.1 Å². The summed E-state index contributed by atoms with van der Waals surface area (Å²) in [6, 6.07) is 14.5. The molecule has 0 spiro atoms. The third kappa shape index (κ3) is 5.86. The molecular weight excluding hydrogens is 605 g/mol. The van der Waals surface area contributed by atoms with E-state index in [2.05, 4.69) is 21.9 Å². The van der Waals surface area contributed by atoms with Crippen molar-refractivity contribution >= 4 is 44.5 Å². The van der Waals surface area contributed by atoms with E-state index in [4.69, 9.17) is 9.72 Å². The molecule has 1 atom stereocenters. The Morgan fingerprint density at radius 3 is 2.57 bits per heavy atom. The standard InChI is InChI=1S/C34H36FN7O3S/c1-22-21-45-16-15-41(22)31(43)20-39-11-13-40(14-12-39)26-9-10-27-28(17-26)29(19-42(33(27)44)25-7-8-25)38(2)34-37-32(30(18-36)46-34)23-3-5-24(35)6-4-23/h3-6,9-10,17,19,22,25H,7-8,11-16,20-21H2,1-2H3. The van der Waals surface area contributed by atoms with E-state index in [1.807, 2.05) is 46.7 Å². The molecule has 1 aliphatic carbocycles. The number of carbonyl (C=O) groups is 1. The van der Waals surface area contributed by atoms with Crippen LogP contribution in [0.15, 0.2) is 53.5 Å². The number of halogens is 1. The van der Waals surface area contributed by atoms with E-state index in [1.165, 1.54) is 23.5 Å². The van der Waals surface area contributed by atoms with Gasteiger partial charge < -0.3 is 24.0 Å². The lowest BCUT2D eigenvalue weighted by Gasteiger charge is -2.38. The van der Waals surface area contributed by atoms with Crippen LogP contribution in [-0.2, 0) is 9.53 Å².